The molecule has 4 rings (SSSR count). The summed E-state index contributed by atoms with van der Waals surface area (Å²) in [5.41, 5.74) is 7.26. The summed E-state index contributed by atoms with van der Waals surface area (Å²) in [7, 11) is 3.95. The molecule has 7 heteroatoms. The maximum Gasteiger partial charge on any atom is 0.271 e. The Balaban J connectivity index is 1.57. The fraction of sp³-hybridized carbons (Fsp3) is 0.0741. The smallest absolute Gasteiger partial charge is 0.271 e. The van der Waals surface area contributed by atoms with Gasteiger partial charge < -0.3 is 10.0 Å². The van der Waals surface area contributed by atoms with Crippen LogP contribution in [0.25, 0.3) is 17.3 Å². The number of nitrogens with zero attached hydrogens (tertiary/aromatic N) is 4. The Hall–Kier alpha value is -4.65. The number of rotatable bonds is 7. The molecular formula is C27H25N5O2. The third-order valence-electron chi connectivity index (χ3n) is 5.15. The highest BCUT2D eigenvalue weighted by atomic mass is 16.3. The van der Waals surface area contributed by atoms with Crippen LogP contribution >= 0.6 is 0 Å². The molecule has 0 aliphatic carbocycles. The number of nitrogens with one attached hydrogen (secondary N) is 1. The van der Waals surface area contributed by atoms with Gasteiger partial charge in [-0.15, -0.1) is 0 Å². The Kier molecular flexibility index (Phi) is 6.84. The van der Waals surface area contributed by atoms with Crippen LogP contribution in [-0.4, -0.2) is 41.1 Å². The molecule has 0 atom stereocenters. The molecule has 0 saturated carbocycles. The van der Waals surface area contributed by atoms with Crippen LogP contribution in [-0.2, 0) is 4.79 Å². The number of benzene rings is 3. The van der Waals surface area contributed by atoms with Crippen molar-refractivity contribution in [2.45, 2.75) is 0 Å². The first-order valence-electron chi connectivity index (χ1n) is 10.7. The van der Waals surface area contributed by atoms with Gasteiger partial charge in [-0.2, -0.15) is 10.2 Å². The summed E-state index contributed by atoms with van der Waals surface area (Å²) in [6.07, 6.45) is 6.88. The second-order valence-corrected chi connectivity index (χ2v) is 7.84. The van der Waals surface area contributed by atoms with Gasteiger partial charge in [0.05, 0.1) is 18.1 Å². The predicted octanol–water partition coefficient (Wildman–Crippen LogP) is 4.33. The number of phenols is 1. The Morgan fingerprint density at radius 3 is 2.35 bits per heavy atom. The quantitative estimate of drug-likeness (QED) is 0.249. The number of amides is 1. The van der Waals surface area contributed by atoms with E-state index < -0.39 is 0 Å². The van der Waals surface area contributed by atoms with Crippen LogP contribution in [0.5, 0.6) is 5.75 Å². The topological polar surface area (TPSA) is 82.8 Å². The number of hydrogen-bond acceptors (Lipinski definition) is 5. The third kappa shape index (κ3) is 5.58. The van der Waals surface area contributed by atoms with Crippen molar-refractivity contribution in [2.24, 2.45) is 5.10 Å². The van der Waals surface area contributed by atoms with E-state index in [0.717, 1.165) is 22.5 Å². The molecule has 0 unspecified atom stereocenters. The summed E-state index contributed by atoms with van der Waals surface area (Å²) < 4.78 is 1.74. The van der Waals surface area contributed by atoms with Gasteiger partial charge in [0.1, 0.15) is 5.75 Å². The predicted molar refractivity (Wildman–Crippen MR) is 136 cm³/mol. The molecule has 7 nitrogen and oxygen atoms in total. The van der Waals surface area contributed by atoms with E-state index in [4.69, 9.17) is 0 Å². The molecule has 0 saturated heterocycles. The fourth-order valence-electron chi connectivity index (χ4n) is 3.31. The largest absolute Gasteiger partial charge is 0.508 e. The van der Waals surface area contributed by atoms with Gasteiger partial charge in [0.25, 0.3) is 5.91 Å². The first-order valence-corrected chi connectivity index (χ1v) is 10.7. The van der Waals surface area contributed by atoms with Gasteiger partial charge in [-0.25, -0.2) is 10.1 Å². The highest BCUT2D eigenvalue weighted by molar-refractivity contribution is 6.24. The molecule has 2 N–H and O–H groups in total. The lowest BCUT2D eigenvalue weighted by atomic mass is 10.0. The van der Waals surface area contributed by atoms with Crippen molar-refractivity contribution in [1.29, 1.82) is 0 Å². The average molecular weight is 452 g/mol. The van der Waals surface area contributed by atoms with E-state index in [-0.39, 0.29) is 11.7 Å². The molecule has 0 spiro atoms. The van der Waals surface area contributed by atoms with Gasteiger partial charge in [-0.1, -0.05) is 42.5 Å². The Morgan fingerprint density at radius 1 is 0.971 bits per heavy atom. The van der Waals surface area contributed by atoms with Crippen molar-refractivity contribution in [1.82, 2.24) is 15.2 Å². The van der Waals surface area contributed by atoms with E-state index in [0.29, 0.717) is 11.1 Å². The Bertz CT molecular complexity index is 1310. The number of aromatic nitrogens is 2. The molecule has 0 bridgehead atoms. The van der Waals surface area contributed by atoms with Crippen molar-refractivity contribution in [3.63, 3.8) is 0 Å². The van der Waals surface area contributed by atoms with Crippen molar-refractivity contribution in [2.75, 3.05) is 19.0 Å². The molecular weight excluding hydrogens is 426 g/mol. The fourth-order valence-corrected chi connectivity index (χ4v) is 3.31. The van der Waals surface area contributed by atoms with Crippen LogP contribution in [0.3, 0.4) is 0 Å². The number of phenolic OH excluding ortho intramolecular Hbond substituents is 1. The van der Waals surface area contributed by atoms with Gasteiger partial charge in [0.15, 0.2) is 0 Å². The average Bonchev–Trinajstić information content (AvgIpc) is 3.33. The maximum absolute atomic E-state index is 13.1. The van der Waals surface area contributed by atoms with Crippen LogP contribution < -0.4 is 10.3 Å². The highest BCUT2D eigenvalue weighted by Gasteiger charge is 2.13. The summed E-state index contributed by atoms with van der Waals surface area (Å²) in [6.45, 7) is 0. The van der Waals surface area contributed by atoms with E-state index in [2.05, 4.69) is 15.6 Å². The van der Waals surface area contributed by atoms with Crippen molar-refractivity contribution in [3.8, 4) is 11.4 Å². The first kappa shape index (κ1) is 22.5. The SMILES string of the molecule is CN(C)c1ccc(/C=N/NC(=O)/C(=C/c2cnn(-c3ccccc3)c2)c2ccc(O)cc2)cc1. The number of hydrazone groups is 1. The zero-order chi connectivity index (χ0) is 23.9. The maximum atomic E-state index is 13.1. The summed E-state index contributed by atoms with van der Waals surface area (Å²) in [4.78, 5) is 15.1. The van der Waals surface area contributed by atoms with Crippen LogP contribution in [0.1, 0.15) is 16.7 Å². The minimum Gasteiger partial charge on any atom is -0.508 e. The minimum absolute atomic E-state index is 0.125. The zero-order valence-electron chi connectivity index (χ0n) is 19.0. The Labute approximate surface area is 198 Å². The number of carbonyl (C=O) groups excluding carboxylic acids is 1. The van der Waals surface area contributed by atoms with E-state index >= 15 is 0 Å². The van der Waals surface area contributed by atoms with Gasteiger partial charge in [0, 0.05) is 37.1 Å². The van der Waals surface area contributed by atoms with Gasteiger partial charge in [0.2, 0.25) is 0 Å². The molecule has 3 aromatic carbocycles. The zero-order valence-corrected chi connectivity index (χ0v) is 19.0. The molecule has 0 aliphatic rings. The lowest BCUT2D eigenvalue weighted by Crippen LogP contribution is -2.19. The standard InChI is InChI=1S/C27H25N5O2/c1-31(2)23-12-8-20(9-13-23)17-28-30-27(34)26(22-10-14-25(33)15-11-22)16-21-18-29-32(19-21)24-6-4-3-5-7-24/h3-19,33H,1-2H3,(H,30,34)/b26-16+,28-17+. The van der Waals surface area contributed by atoms with Gasteiger partial charge in [-0.05, 0) is 53.6 Å². The van der Waals surface area contributed by atoms with Crippen LogP contribution in [0, 0.1) is 0 Å². The van der Waals surface area contributed by atoms with Crippen molar-refractivity contribution < 1.29 is 9.90 Å². The van der Waals surface area contributed by atoms with Crippen LogP contribution in [0.4, 0.5) is 5.69 Å². The lowest BCUT2D eigenvalue weighted by molar-refractivity contribution is -0.115. The second kappa shape index (κ2) is 10.3. The van der Waals surface area contributed by atoms with Crippen molar-refractivity contribution >= 4 is 29.5 Å². The molecule has 0 radical (unpaired) electrons. The minimum atomic E-state index is -0.376. The molecule has 1 amide bonds. The molecule has 0 aliphatic heterocycles. The molecule has 4 aromatic rings. The van der Waals surface area contributed by atoms with E-state index in [9.17, 15) is 9.90 Å². The first-order chi connectivity index (χ1) is 16.5. The molecule has 1 aromatic heterocycles. The number of hydrogen-bond donors (Lipinski definition) is 2. The monoisotopic (exact) mass is 451 g/mol. The van der Waals surface area contributed by atoms with Gasteiger partial charge >= 0.3 is 0 Å². The van der Waals surface area contributed by atoms with E-state index in [1.807, 2.05) is 79.8 Å². The second-order valence-electron chi connectivity index (χ2n) is 7.84. The number of carbonyl (C=O) groups is 1. The van der Waals surface area contributed by atoms with E-state index in [1.54, 1.807) is 47.4 Å². The highest BCUT2D eigenvalue weighted by Crippen LogP contribution is 2.22. The lowest BCUT2D eigenvalue weighted by Gasteiger charge is -2.11. The Morgan fingerprint density at radius 2 is 1.68 bits per heavy atom. The van der Waals surface area contributed by atoms with Crippen molar-refractivity contribution in [3.05, 3.63) is 108 Å². The normalized spacial score (nSPS) is 11.5. The molecule has 1 heterocycles. The van der Waals surface area contributed by atoms with Gasteiger partial charge in [-0.3, -0.25) is 4.79 Å². The third-order valence-corrected chi connectivity index (χ3v) is 5.15. The number of para-hydroxylation sites is 1. The summed E-state index contributed by atoms with van der Waals surface area (Å²) in [5.74, 6) is -0.251. The molecule has 34 heavy (non-hydrogen) atoms. The summed E-state index contributed by atoms with van der Waals surface area (Å²) in [5, 5.41) is 18.2. The van der Waals surface area contributed by atoms with E-state index in [1.165, 1.54) is 0 Å². The molecule has 170 valence electrons. The number of anilines is 1. The molecule has 0 fully saturated rings. The van der Waals surface area contributed by atoms with Crippen LogP contribution in [0.15, 0.2) is 96.4 Å². The summed E-state index contributed by atoms with van der Waals surface area (Å²) >= 11 is 0. The number of aromatic hydroxyl groups is 1. The summed E-state index contributed by atoms with van der Waals surface area (Å²) in [6, 6.07) is 24.0. The van der Waals surface area contributed by atoms with Crippen LogP contribution in [0.2, 0.25) is 0 Å².